The number of nitrogens with two attached hydrogens (primary N) is 1. The first-order valence-electron chi connectivity index (χ1n) is 5.81. The Bertz CT molecular complexity index is 684. The summed E-state index contributed by atoms with van der Waals surface area (Å²) in [5, 5.41) is 8.59. The molecule has 0 saturated heterocycles. The second-order valence-corrected chi connectivity index (χ2v) is 5.00. The number of nitrogens with zero attached hydrogens (tertiary/aromatic N) is 3. The van der Waals surface area contributed by atoms with Gasteiger partial charge in [-0.2, -0.15) is 5.26 Å². The number of primary amides is 1. The van der Waals surface area contributed by atoms with E-state index in [1.165, 1.54) is 0 Å². The van der Waals surface area contributed by atoms with Crippen LogP contribution in [-0.4, -0.2) is 15.5 Å². The van der Waals surface area contributed by atoms with Crippen LogP contribution < -0.4 is 5.73 Å². The molecule has 2 atom stereocenters. The first-order valence-corrected chi connectivity index (χ1v) is 6.24. The molecule has 0 aliphatic carbocycles. The summed E-state index contributed by atoms with van der Waals surface area (Å²) >= 11 is 6.10. The molecule has 2 aromatic rings. The Kier molecular flexibility index (Phi) is 3.45. The lowest BCUT2D eigenvalue weighted by molar-refractivity contribution is -0.120. The maximum Gasteiger partial charge on any atom is 0.240 e. The van der Waals surface area contributed by atoms with Gasteiger partial charge in [0.2, 0.25) is 5.91 Å². The summed E-state index contributed by atoms with van der Waals surface area (Å²) in [4.78, 5) is 15.8. The van der Waals surface area contributed by atoms with Crippen LogP contribution in [-0.2, 0) is 4.79 Å². The molecule has 19 heavy (non-hydrogen) atoms. The molecule has 2 unspecified atom stereocenters. The number of halogens is 1. The molecule has 5 nitrogen and oxygen atoms in total. The fraction of sp³-hybridized carbons (Fsp3) is 0.308. The van der Waals surface area contributed by atoms with Crippen LogP contribution in [0.2, 0.25) is 0 Å². The van der Waals surface area contributed by atoms with E-state index in [2.05, 4.69) is 11.1 Å². The number of aromatic nitrogens is 2. The van der Waals surface area contributed by atoms with Crippen LogP contribution in [0.25, 0.3) is 11.0 Å². The van der Waals surface area contributed by atoms with Crippen LogP contribution >= 0.6 is 11.6 Å². The van der Waals surface area contributed by atoms with Gasteiger partial charge in [0.25, 0.3) is 0 Å². The highest BCUT2D eigenvalue weighted by molar-refractivity contribution is 6.20. The van der Waals surface area contributed by atoms with E-state index >= 15 is 0 Å². The number of hydrogen-bond acceptors (Lipinski definition) is 3. The van der Waals surface area contributed by atoms with Gasteiger partial charge < -0.3 is 10.3 Å². The molecule has 1 aromatic heterocycles. The summed E-state index contributed by atoms with van der Waals surface area (Å²) in [6.07, 6.45) is 0. The number of rotatable bonds is 3. The number of alkyl halides is 1. The van der Waals surface area contributed by atoms with Crippen molar-refractivity contribution in [1.82, 2.24) is 9.55 Å². The second-order valence-electron chi connectivity index (χ2n) is 4.35. The molecule has 0 bridgehead atoms. The second kappa shape index (κ2) is 4.90. The van der Waals surface area contributed by atoms with Crippen molar-refractivity contribution in [1.29, 1.82) is 5.26 Å². The van der Waals surface area contributed by atoms with Crippen LogP contribution in [0.5, 0.6) is 0 Å². The minimum atomic E-state index is -0.574. The molecular weight excluding hydrogens is 264 g/mol. The lowest BCUT2D eigenvalue weighted by Crippen LogP contribution is -2.25. The van der Waals surface area contributed by atoms with Gasteiger partial charge in [0.1, 0.15) is 11.9 Å². The minimum Gasteiger partial charge on any atom is -0.368 e. The number of fused-ring (bicyclic) bond motifs is 1. The number of nitriles is 1. The predicted octanol–water partition coefficient (Wildman–Crippen LogP) is 2.25. The molecule has 0 radical (unpaired) electrons. The smallest absolute Gasteiger partial charge is 0.240 e. The SMILES string of the molecule is CC(Cl)c1nc2ccc(C#N)cc2n1C(C)C(N)=O. The van der Waals surface area contributed by atoms with Crippen molar-refractivity contribution in [3.63, 3.8) is 0 Å². The fourth-order valence-corrected chi connectivity index (χ4v) is 2.15. The number of imidazole rings is 1. The highest BCUT2D eigenvalue weighted by Gasteiger charge is 2.22. The average molecular weight is 277 g/mol. The molecule has 1 aromatic carbocycles. The van der Waals surface area contributed by atoms with E-state index in [1.54, 1.807) is 36.6 Å². The van der Waals surface area contributed by atoms with Crippen LogP contribution in [0.4, 0.5) is 0 Å². The number of hydrogen-bond donors (Lipinski definition) is 1. The van der Waals surface area contributed by atoms with Gasteiger partial charge in [0.15, 0.2) is 0 Å². The quantitative estimate of drug-likeness (QED) is 0.873. The van der Waals surface area contributed by atoms with Gasteiger partial charge in [-0.25, -0.2) is 4.98 Å². The summed E-state index contributed by atoms with van der Waals surface area (Å²) < 4.78 is 1.69. The van der Waals surface area contributed by atoms with Gasteiger partial charge in [-0.15, -0.1) is 11.6 Å². The van der Waals surface area contributed by atoms with Crippen molar-refractivity contribution < 1.29 is 4.79 Å². The Hall–Kier alpha value is -2.06. The maximum atomic E-state index is 11.4. The highest BCUT2D eigenvalue weighted by atomic mass is 35.5. The van der Waals surface area contributed by atoms with E-state index in [0.717, 1.165) is 0 Å². The van der Waals surface area contributed by atoms with E-state index in [0.29, 0.717) is 22.4 Å². The lowest BCUT2D eigenvalue weighted by Gasteiger charge is -2.15. The lowest BCUT2D eigenvalue weighted by atomic mass is 10.2. The van der Waals surface area contributed by atoms with Gasteiger partial charge in [-0.05, 0) is 32.0 Å². The molecule has 2 N–H and O–H groups in total. The number of benzene rings is 1. The molecule has 0 saturated carbocycles. The first kappa shape index (κ1) is 13.4. The van der Waals surface area contributed by atoms with E-state index in [4.69, 9.17) is 22.6 Å². The molecule has 6 heteroatoms. The maximum absolute atomic E-state index is 11.4. The van der Waals surface area contributed by atoms with Gasteiger partial charge in [-0.1, -0.05) is 0 Å². The van der Waals surface area contributed by atoms with Crippen LogP contribution in [0, 0.1) is 11.3 Å². The van der Waals surface area contributed by atoms with Gasteiger partial charge in [-0.3, -0.25) is 4.79 Å². The van der Waals surface area contributed by atoms with Crippen molar-refractivity contribution in [2.45, 2.75) is 25.3 Å². The zero-order chi connectivity index (χ0) is 14.2. The van der Waals surface area contributed by atoms with E-state index in [1.807, 2.05) is 0 Å². The van der Waals surface area contributed by atoms with Crippen LogP contribution in [0.15, 0.2) is 18.2 Å². The Balaban J connectivity index is 2.78. The number of amides is 1. The third-order valence-corrected chi connectivity index (χ3v) is 3.20. The number of carbonyl (C=O) groups is 1. The first-order chi connectivity index (χ1) is 8.95. The van der Waals surface area contributed by atoms with E-state index in [-0.39, 0.29) is 5.38 Å². The normalized spacial score (nSPS) is 14.0. The van der Waals surface area contributed by atoms with E-state index in [9.17, 15) is 4.79 Å². The van der Waals surface area contributed by atoms with Gasteiger partial charge >= 0.3 is 0 Å². The molecular formula is C13H13ClN4O. The molecule has 0 fully saturated rings. The third kappa shape index (κ3) is 2.27. The monoisotopic (exact) mass is 276 g/mol. The summed E-state index contributed by atoms with van der Waals surface area (Å²) in [6, 6.07) is 6.59. The summed E-state index contributed by atoms with van der Waals surface area (Å²) in [6.45, 7) is 3.46. The fourth-order valence-electron chi connectivity index (χ4n) is 2.00. The molecule has 2 rings (SSSR count). The molecule has 98 valence electrons. The Morgan fingerprint density at radius 3 is 2.74 bits per heavy atom. The largest absolute Gasteiger partial charge is 0.368 e. The van der Waals surface area contributed by atoms with Gasteiger partial charge in [0.05, 0.1) is 28.0 Å². The van der Waals surface area contributed by atoms with Crippen molar-refractivity contribution in [3.05, 3.63) is 29.6 Å². The predicted molar refractivity (Wildman–Crippen MR) is 72.6 cm³/mol. The average Bonchev–Trinajstić information content (AvgIpc) is 2.75. The van der Waals surface area contributed by atoms with Crippen molar-refractivity contribution in [2.75, 3.05) is 0 Å². The molecule has 0 aliphatic rings. The molecule has 1 heterocycles. The van der Waals surface area contributed by atoms with E-state index < -0.39 is 11.9 Å². The van der Waals surface area contributed by atoms with Crippen LogP contribution in [0.3, 0.4) is 0 Å². The zero-order valence-electron chi connectivity index (χ0n) is 10.6. The Morgan fingerprint density at radius 1 is 1.53 bits per heavy atom. The Morgan fingerprint density at radius 2 is 2.21 bits per heavy atom. The van der Waals surface area contributed by atoms with Crippen molar-refractivity contribution in [2.24, 2.45) is 5.73 Å². The molecule has 0 aliphatic heterocycles. The minimum absolute atomic E-state index is 0.361. The van der Waals surface area contributed by atoms with Crippen molar-refractivity contribution >= 4 is 28.5 Å². The third-order valence-electron chi connectivity index (χ3n) is 3.00. The summed E-state index contributed by atoms with van der Waals surface area (Å²) in [5.74, 6) is 0.0956. The highest BCUT2D eigenvalue weighted by Crippen LogP contribution is 2.28. The van der Waals surface area contributed by atoms with Crippen LogP contribution in [0.1, 0.15) is 36.7 Å². The standard InChI is InChI=1S/C13H13ClN4O/c1-7(14)13-17-10-4-3-9(6-15)5-11(10)18(13)8(2)12(16)19/h3-5,7-8H,1-2H3,(H2,16,19). The number of carbonyl (C=O) groups excluding carboxylic acids is 1. The van der Waals surface area contributed by atoms with Crippen molar-refractivity contribution in [3.8, 4) is 6.07 Å². The summed E-state index contributed by atoms with van der Waals surface area (Å²) in [7, 11) is 0. The topological polar surface area (TPSA) is 84.7 Å². The molecule has 0 spiro atoms. The zero-order valence-corrected chi connectivity index (χ0v) is 11.3. The molecule has 1 amide bonds. The Labute approximate surface area is 115 Å². The summed E-state index contributed by atoms with van der Waals surface area (Å²) in [5.41, 5.74) is 7.24. The van der Waals surface area contributed by atoms with Gasteiger partial charge in [0, 0.05) is 0 Å².